The fourth-order valence-electron chi connectivity index (χ4n) is 2.08. The molecular formula is C14H10ClN3O. The van der Waals surface area contributed by atoms with E-state index in [9.17, 15) is 4.79 Å². The summed E-state index contributed by atoms with van der Waals surface area (Å²) in [6.07, 6.45) is 7.65. The highest BCUT2D eigenvalue weighted by atomic mass is 35.5. The van der Waals surface area contributed by atoms with Crippen molar-refractivity contribution in [2.45, 2.75) is 6.54 Å². The van der Waals surface area contributed by atoms with Gasteiger partial charge in [0.1, 0.15) is 5.65 Å². The predicted octanol–water partition coefficient (Wildman–Crippen LogP) is 2.95. The van der Waals surface area contributed by atoms with Crippen LogP contribution in [-0.2, 0) is 6.54 Å². The molecule has 19 heavy (non-hydrogen) atoms. The maximum atomic E-state index is 11.1. The lowest BCUT2D eigenvalue weighted by molar-refractivity contribution is 0.112. The number of nitrogens with zero attached hydrogens (tertiary/aromatic N) is 3. The quantitative estimate of drug-likeness (QED) is 0.688. The monoisotopic (exact) mass is 271 g/mol. The van der Waals surface area contributed by atoms with Gasteiger partial charge in [0.2, 0.25) is 0 Å². The third-order valence-electron chi connectivity index (χ3n) is 2.99. The van der Waals surface area contributed by atoms with E-state index in [-0.39, 0.29) is 0 Å². The number of aldehydes is 1. The van der Waals surface area contributed by atoms with Crippen molar-refractivity contribution in [2.75, 3.05) is 0 Å². The van der Waals surface area contributed by atoms with Crippen LogP contribution in [-0.4, -0.2) is 20.8 Å². The number of halogens is 1. The summed E-state index contributed by atoms with van der Waals surface area (Å²) in [4.78, 5) is 19.4. The largest absolute Gasteiger partial charge is 0.327 e. The van der Waals surface area contributed by atoms with E-state index in [4.69, 9.17) is 11.6 Å². The highest BCUT2D eigenvalue weighted by Gasteiger charge is 2.10. The molecule has 0 spiro atoms. The molecule has 5 heteroatoms. The van der Waals surface area contributed by atoms with E-state index >= 15 is 0 Å². The van der Waals surface area contributed by atoms with Crippen LogP contribution in [0.1, 0.15) is 15.9 Å². The van der Waals surface area contributed by atoms with Crippen molar-refractivity contribution < 1.29 is 4.79 Å². The van der Waals surface area contributed by atoms with E-state index in [0.29, 0.717) is 17.1 Å². The van der Waals surface area contributed by atoms with Crippen LogP contribution < -0.4 is 0 Å². The highest BCUT2D eigenvalue weighted by molar-refractivity contribution is 6.31. The molecule has 0 aromatic carbocycles. The molecular weight excluding hydrogens is 262 g/mol. The van der Waals surface area contributed by atoms with Crippen LogP contribution in [0.15, 0.2) is 43.0 Å². The van der Waals surface area contributed by atoms with Gasteiger partial charge in [-0.2, -0.15) is 0 Å². The van der Waals surface area contributed by atoms with Crippen LogP contribution in [0.25, 0.3) is 11.0 Å². The number of carbonyl (C=O) groups excluding carboxylic acids is 1. The van der Waals surface area contributed by atoms with Crippen LogP contribution in [0, 0.1) is 0 Å². The highest BCUT2D eigenvalue weighted by Crippen LogP contribution is 2.21. The average molecular weight is 272 g/mol. The lowest BCUT2D eigenvalue weighted by Crippen LogP contribution is -2.00. The number of rotatable bonds is 3. The molecule has 0 saturated heterocycles. The van der Waals surface area contributed by atoms with Gasteiger partial charge < -0.3 is 4.57 Å². The molecule has 3 aromatic rings. The summed E-state index contributed by atoms with van der Waals surface area (Å²) < 4.78 is 1.92. The zero-order chi connectivity index (χ0) is 13.2. The summed E-state index contributed by atoms with van der Waals surface area (Å²) in [6.45, 7) is 0.558. The minimum absolute atomic E-state index is 0.558. The van der Waals surface area contributed by atoms with Crippen molar-refractivity contribution in [1.29, 1.82) is 0 Å². The molecule has 0 amide bonds. The van der Waals surface area contributed by atoms with Crippen LogP contribution >= 0.6 is 11.6 Å². The zero-order valence-corrected chi connectivity index (χ0v) is 10.7. The zero-order valence-electron chi connectivity index (χ0n) is 9.95. The third kappa shape index (κ3) is 2.11. The molecule has 0 aliphatic carbocycles. The van der Waals surface area contributed by atoms with Crippen molar-refractivity contribution >= 4 is 28.9 Å². The lowest BCUT2D eigenvalue weighted by Gasteiger charge is -2.06. The summed E-state index contributed by atoms with van der Waals surface area (Å²) >= 11 is 6.10. The maximum absolute atomic E-state index is 11.1. The number of carbonyl (C=O) groups is 1. The van der Waals surface area contributed by atoms with Gasteiger partial charge in [-0.25, -0.2) is 4.98 Å². The van der Waals surface area contributed by atoms with E-state index in [2.05, 4.69) is 9.97 Å². The number of hydrogen-bond donors (Lipinski definition) is 0. The number of hydrogen-bond acceptors (Lipinski definition) is 3. The molecule has 0 bridgehead atoms. The number of fused-ring (bicyclic) bond motifs is 1. The molecule has 3 aromatic heterocycles. The Bertz CT molecular complexity index is 751. The van der Waals surface area contributed by atoms with Gasteiger partial charge in [-0.1, -0.05) is 11.6 Å². The Morgan fingerprint density at radius 1 is 1.32 bits per heavy atom. The van der Waals surface area contributed by atoms with E-state index in [0.717, 1.165) is 22.9 Å². The second-order valence-corrected chi connectivity index (χ2v) is 4.58. The van der Waals surface area contributed by atoms with Gasteiger partial charge in [-0.3, -0.25) is 9.78 Å². The van der Waals surface area contributed by atoms with Gasteiger partial charge >= 0.3 is 0 Å². The molecule has 0 aliphatic rings. The Hall–Kier alpha value is -2.20. The van der Waals surface area contributed by atoms with E-state index < -0.39 is 0 Å². The Labute approximate surface area is 114 Å². The van der Waals surface area contributed by atoms with Gasteiger partial charge in [-0.15, -0.1) is 0 Å². The molecule has 0 N–H and O–H groups in total. The van der Waals surface area contributed by atoms with Crippen molar-refractivity contribution in [3.63, 3.8) is 0 Å². The van der Waals surface area contributed by atoms with Crippen molar-refractivity contribution in [1.82, 2.24) is 14.5 Å². The summed E-state index contributed by atoms with van der Waals surface area (Å²) in [5, 5.41) is 1.45. The molecule has 0 unspecified atom stereocenters. The van der Waals surface area contributed by atoms with Crippen LogP contribution in [0.2, 0.25) is 5.02 Å². The van der Waals surface area contributed by atoms with Crippen LogP contribution in [0.5, 0.6) is 0 Å². The molecule has 4 nitrogen and oxygen atoms in total. The normalized spacial score (nSPS) is 10.8. The van der Waals surface area contributed by atoms with Gasteiger partial charge in [0.25, 0.3) is 0 Å². The first-order valence-electron chi connectivity index (χ1n) is 5.77. The Morgan fingerprint density at radius 2 is 2.21 bits per heavy atom. The summed E-state index contributed by atoms with van der Waals surface area (Å²) in [6, 6.07) is 5.56. The number of pyridine rings is 2. The van der Waals surface area contributed by atoms with Gasteiger partial charge in [-0.05, 0) is 23.8 Å². The minimum atomic E-state index is 0.558. The maximum Gasteiger partial charge on any atom is 0.152 e. The molecule has 94 valence electrons. The Balaban J connectivity index is 2.11. The third-order valence-corrected chi connectivity index (χ3v) is 3.33. The molecule has 0 atom stereocenters. The molecule has 3 rings (SSSR count). The second-order valence-electron chi connectivity index (χ2n) is 4.17. The summed E-state index contributed by atoms with van der Waals surface area (Å²) in [5.41, 5.74) is 2.35. The van der Waals surface area contributed by atoms with Crippen molar-refractivity contribution in [3.8, 4) is 0 Å². The standard InChI is InChI=1S/C14H10ClN3O/c15-13-6-16-5-3-10(13)7-18-8-11(9-19)12-2-1-4-17-14(12)18/h1-6,8-9H,7H2. The smallest absolute Gasteiger partial charge is 0.152 e. The Morgan fingerprint density at radius 3 is 3.00 bits per heavy atom. The predicted molar refractivity (Wildman–Crippen MR) is 73.5 cm³/mol. The van der Waals surface area contributed by atoms with E-state index in [1.165, 1.54) is 0 Å². The molecule has 0 aliphatic heterocycles. The Kier molecular flexibility index (Phi) is 3.01. The molecule has 3 heterocycles. The summed E-state index contributed by atoms with van der Waals surface area (Å²) in [7, 11) is 0. The second kappa shape index (κ2) is 4.82. The molecule has 0 saturated carbocycles. The van der Waals surface area contributed by atoms with Gasteiger partial charge in [0, 0.05) is 35.7 Å². The number of aromatic nitrogens is 3. The SMILES string of the molecule is O=Cc1cn(Cc2ccncc2Cl)c2ncccc12. The first-order valence-corrected chi connectivity index (χ1v) is 6.15. The molecule has 0 fully saturated rings. The first-order chi connectivity index (χ1) is 9.29. The topological polar surface area (TPSA) is 47.8 Å². The molecule has 0 radical (unpaired) electrons. The van der Waals surface area contributed by atoms with E-state index in [1.807, 2.05) is 22.8 Å². The van der Waals surface area contributed by atoms with Crippen molar-refractivity contribution in [3.05, 3.63) is 59.1 Å². The van der Waals surface area contributed by atoms with Crippen LogP contribution in [0.4, 0.5) is 0 Å². The minimum Gasteiger partial charge on any atom is -0.327 e. The van der Waals surface area contributed by atoms with Crippen molar-refractivity contribution in [2.24, 2.45) is 0 Å². The van der Waals surface area contributed by atoms with Gasteiger partial charge in [0.05, 0.1) is 11.6 Å². The fourth-order valence-corrected chi connectivity index (χ4v) is 2.26. The fraction of sp³-hybridized carbons (Fsp3) is 0.0714. The lowest BCUT2D eigenvalue weighted by atomic mass is 10.2. The summed E-state index contributed by atoms with van der Waals surface area (Å²) in [5.74, 6) is 0. The first kappa shape index (κ1) is 11.9. The van der Waals surface area contributed by atoms with Crippen LogP contribution in [0.3, 0.4) is 0 Å². The average Bonchev–Trinajstić information content (AvgIpc) is 2.80. The van der Waals surface area contributed by atoms with Gasteiger partial charge in [0.15, 0.2) is 6.29 Å². The van der Waals surface area contributed by atoms with E-state index in [1.54, 1.807) is 24.8 Å².